The fourth-order valence-electron chi connectivity index (χ4n) is 3.82. The summed E-state index contributed by atoms with van der Waals surface area (Å²) in [5.74, 6) is 1.81. The summed E-state index contributed by atoms with van der Waals surface area (Å²) in [4.78, 5) is 15.0. The molecule has 0 spiro atoms. The van der Waals surface area contributed by atoms with E-state index in [0.717, 1.165) is 18.4 Å². The van der Waals surface area contributed by atoms with E-state index < -0.39 is 6.10 Å². The van der Waals surface area contributed by atoms with Gasteiger partial charge in [-0.2, -0.15) is 0 Å². The Balaban J connectivity index is 1.66. The van der Waals surface area contributed by atoms with E-state index in [4.69, 9.17) is 26.8 Å². The lowest BCUT2D eigenvalue weighted by atomic mass is 10.1. The van der Waals surface area contributed by atoms with E-state index in [1.165, 1.54) is 5.56 Å². The summed E-state index contributed by atoms with van der Waals surface area (Å²) in [7, 11) is 0. The second-order valence-corrected chi connectivity index (χ2v) is 8.25. The summed E-state index contributed by atoms with van der Waals surface area (Å²) in [6, 6.07) is 21.1. The summed E-state index contributed by atoms with van der Waals surface area (Å²) in [5, 5.41) is 0.634. The van der Waals surface area contributed by atoms with Crippen LogP contribution in [0.4, 0.5) is 5.69 Å². The SMILES string of the molecule is CCC1Oc2cccc(Oc3ccc(CCCN)cc3)c2N(Cc2cccc(Cl)c2)C1=O. The highest BCUT2D eigenvalue weighted by molar-refractivity contribution is 6.30. The summed E-state index contributed by atoms with van der Waals surface area (Å²) < 4.78 is 12.2. The number of carbonyl (C=O) groups excluding carboxylic acids is 1. The number of aryl methyl sites for hydroxylation is 1. The van der Waals surface area contributed by atoms with E-state index in [1.54, 1.807) is 4.90 Å². The molecular weight excluding hydrogens is 424 g/mol. The minimum Gasteiger partial charge on any atom is -0.478 e. The van der Waals surface area contributed by atoms with Crippen LogP contribution in [0, 0.1) is 0 Å². The van der Waals surface area contributed by atoms with Crippen LogP contribution < -0.4 is 20.1 Å². The van der Waals surface area contributed by atoms with Crippen LogP contribution in [0.2, 0.25) is 5.02 Å². The second-order valence-electron chi connectivity index (χ2n) is 7.81. The lowest BCUT2D eigenvalue weighted by molar-refractivity contribution is -0.126. The van der Waals surface area contributed by atoms with Crippen LogP contribution in [0.5, 0.6) is 17.2 Å². The molecule has 4 rings (SSSR count). The number of anilines is 1. The molecule has 1 heterocycles. The summed E-state index contributed by atoms with van der Waals surface area (Å²) in [6.45, 7) is 2.99. The highest BCUT2D eigenvalue weighted by Gasteiger charge is 2.35. The number of fused-ring (bicyclic) bond motifs is 1. The molecule has 0 saturated carbocycles. The average molecular weight is 451 g/mol. The Morgan fingerprint density at radius 2 is 1.84 bits per heavy atom. The fraction of sp³-hybridized carbons (Fsp3) is 0.269. The van der Waals surface area contributed by atoms with Crippen LogP contribution in [0.15, 0.2) is 66.7 Å². The van der Waals surface area contributed by atoms with E-state index in [9.17, 15) is 4.79 Å². The zero-order valence-corrected chi connectivity index (χ0v) is 18.8. The number of benzene rings is 3. The average Bonchev–Trinajstić information content (AvgIpc) is 2.80. The molecule has 0 bridgehead atoms. The van der Waals surface area contributed by atoms with Gasteiger partial charge in [-0.15, -0.1) is 0 Å². The zero-order chi connectivity index (χ0) is 22.5. The Bertz CT molecular complexity index is 1080. The molecule has 0 aromatic heterocycles. The molecule has 1 amide bonds. The molecule has 0 saturated heterocycles. The zero-order valence-electron chi connectivity index (χ0n) is 18.1. The summed E-state index contributed by atoms with van der Waals surface area (Å²) in [6.07, 6.45) is 1.94. The molecule has 1 unspecified atom stereocenters. The maximum absolute atomic E-state index is 13.3. The van der Waals surface area contributed by atoms with Crippen molar-refractivity contribution in [3.8, 4) is 17.2 Å². The highest BCUT2D eigenvalue weighted by atomic mass is 35.5. The van der Waals surface area contributed by atoms with Gasteiger partial charge in [0.15, 0.2) is 11.9 Å². The smallest absolute Gasteiger partial charge is 0.268 e. The molecule has 166 valence electrons. The van der Waals surface area contributed by atoms with Gasteiger partial charge in [0.1, 0.15) is 17.2 Å². The van der Waals surface area contributed by atoms with Crippen LogP contribution in [0.1, 0.15) is 30.9 Å². The van der Waals surface area contributed by atoms with Crippen LogP contribution in [0.25, 0.3) is 0 Å². The van der Waals surface area contributed by atoms with Crippen molar-refractivity contribution in [1.29, 1.82) is 0 Å². The molecule has 1 aliphatic heterocycles. The summed E-state index contributed by atoms with van der Waals surface area (Å²) in [5.41, 5.74) is 8.39. The van der Waals surface area contributed by atoms with Gasteiger partial charge in [0.05, 0.1) is 6.54 Å². The number of hydrogen-bond acceptors (Lipinski definition) is 4. The van der Waals surface area contributed by atoms with Gasteiger partial charge in [-0.1, -0.05) is 48.9 Å². The van der Waals surface area contributed by atoms with Crippen LogP contribution >= 0.6 is 11.6 Å². The van der Waals surface area contributed by atoms with Crippen molar-refractivity contribution in [2.75, 3.05) is 11.4 Å². The molecule has 3 aromatic carbocycles. The van der Waals surface area contributed by atoms with Crippen LogP contribution in [-0.4, -0.2) is 18.6 Å². The van der Waals surface area contributed by atoms with E-state index >= 15 is 0 Å². The third kappa shape index (κ3) is 4.90. The van der Waals surface area contributed by atoms with Crippen molar-refractivity contribution in [3.05, 3.63) is 82.9 Å². The molecule has 0 fully saturated rings. The van der Waals surface area contributed by atoms with E-state index in [0.29, 0.717) is 47.5 Å². The first-order chi connectivity index (χ1) is 15.6. The molecule has 6 heteroatoms. The first kappa shape index (κ1) is 22.2. The van der Waals surface area contributed by atoms with Crippen molar-refractivity contribution in [2.24, 2.45) is 5.73 Å². The summed E-state index contributed by atoms with van der Waals surface area (Å²) >= 11 is 6.18. The number of nitrogens with zero attached hydrogens (tertiary/aromatic N) is 1. The Morgan fingerprint density at radius 3 is 2.56 bits per heavy atom. The Labute approximate surface area is 193 Å². The second kappa shape index (κ2) is 10.1. The number of carbonyl (C=O) groups is 1. The minimum atomic E-state index is -0.529. The van der Waals surface area contributed by atoms with E-state index in [2.05, 4.69) is 0 Å². The molecule has 0 radical (unpaired) electrons. The standard InChI is InChI=1S/C26H27ClN2O3/c1-2-22-26(30)29(17-19-6-3-8-20(27)16-19)25-23(9-4-10-24(25)32-22)31-21-13-11-18(12-14-21)7-5-15-28/h3-4,6,8-14,16,22H,2,5,7,15,17,28H2,1H3. The molecule has 0 aliphatic carbocycles. The van der Waals surface area contributed by atoms with Crippen molar-refractivity contribution < 1.29 is 14.3 Å². The van der Waals surface area contributed by atoms with Crippen molar-refractivity contribution in [3.63, 3.8) is 0 Å². The van der Waals surface area contributed by atoms with E-state index in [1.807, 2.05) is 73.7 Å². The lowest BCUT2D eigenvalue weighted by Crippen LogP contribution is -2.45. The van der Waals surface area contributed by atoms with Gasteiger partial charge in [-0.05, 0) is 73.3 Å². The largest absolute Gasteiger partial charge is 0.478 e. The number of halogens is 1. The number of rotatable bonds is 8. The topological polar surface area (TPSA) is 64.8 Å². The van der Waals surface area contributed by atoms with Gasteiger partial charge in [-0.3, -0.25) is 9.69 Å². The quantitative estimate of drug-likeness (QED) is 0.476. The molecule has 1 atom stereocenters. The van der Waals surface area contributed by atoms with Crippen molar-refractivity contribution in [2.45, 2.75) is 38.8 Å². The molecule has 5 nitrogen and oxygen atoms in total. The number of hydrogen-bond donors (Lipinski definition) is 1. The number of amides is 1. The maximum Gasteiger partial charge on any atom is 0.268 e. The molecule has 1 aliphatic rings. The van der Waals surface area contributed by atoms with Crippen LogP contribution in [0.3, 0.4) is 0 Å². The molecular formula is C26H27ClN2O3. The van der Waals surface area contributed by atoms with Crippen molar-refractivity contribution >= 4 is 23.2 Å². The van der Waals surface area contributed by atoms with Gasteiger partial charge in [-0.25, -0.2) is 0 Å². The molecule has 32 heavy (non-hydrogen) atoms. The van der Waals surface area contributed by atoms with Gasteiger partial charge < -0.3 is 15.2 Å². The van der Waals surface area contributed by atoms with Gasteiger partial charge in [0.2, 0.25) is 0 Å². The Hall–Kier alpha value is -3.02. The number of para-hydroxylation sites is 1. The maximum atomic E-state index is 13.3. The molecule has 3 aromatic rings. The third-order valence-electron chi connectivity index (χ3n) is 5.46. The Morgan fingerprint density at radius 1 is 1.06 bits per heavy atom. The first-order valence-corrected chi connectivity index (χ1v) is 11.3. The fourth-order valence-corrected chi connectivity index (χ4v) is 4.04. The Kier molecular flexibility index (Phi) is 6.98. The lowest BCUT2D eigenvalue weighted by Gasteiger charge is -2.35. The minimum absolute atomic E-state index is 0.0897. The first-order valence-electron chi connectivity index (χ1n) is 10.9. The highest BCUT2D eigenvalue weighted by Crippen LogP contribution is 2.44. The third-order valence-corrected chi connectivity index (χ3v) is 5.70. The predicted molar refractivity (Wildman–Crippen MR) is 128 cm³/mol. The molecule has 2 N–H and O–H groups in total. The van der Waals surface area contributed by atoms with Gasteiger partial charge >= 0.3 is 0 Å². The number of ether oxygens (including phenoxy) is 2. The number of nitrogens with two attached hydrogens (primary N) is 1. The van der Waals surface area contributed by atoms with Gasteiger partial charge in [0, 0.05) is 5.02 Å². The van der Waals surface area contributed by atoms with Crippen LogP contribution in [-0.2, 0) is 17.8 Å². The normalized spacial score (nSPS) is 15.3. The van der Waals surface area contributed by atoms with Gasteiger partial charge in [0.25, 0.3) is 5.91 Å². The monoisotopic (exact) mass is 450 g/mol. The predicted octanol–water partition coefficient (Wildman–Crippen LogP) is 5.73. The van der Waals surface area contributed by atoms with E-state index in [-0.39, 0.29) is 5.91 Å². The van der Waals surface area contributed by atoms with Crippen molar-refractivity contribution in [1.82, 2.24) is 0 Å².